The van der Waals surface area contributed by atoms with Crippen LogP contribution in [-0.2, 0) is 26.2 Å². The molecule has 0 aliphatic heterocycles. The van der Waals surface area contributed by atoms with Gasteiger partial charge in [0.2, 0.25) is 21.8 Å². The molecule has 2 atom stereocenters. The lowest BCUT2D eigenvalue weighted by atomic mass is 10.1. The molecule has 0 aromatic heterocycles. The number of anilines is 1. The van der Waals surface area contributed by atoms with Gasteiger partial charge in [-0.05, 0) is 62.9 Å². The van der Waals surface area contributed by atoms with E-state index in [0.717, 1.165) is 28.1 Å². The Morgan fingerprint density at radius 3 is 2.17 bits per heavy atom. The number of halogens is 1. The molecule has 0 aliphatic carbocycles. The lowest BCUT2D eigenvalue weighted by Gasteiger charge is -2.33. The Morgan fingerprint density at radius 2 is 1.66 bits per heavy atom. The highest BCUT2D eigenvalue weighted by atomic mass is 35.5. The van der Waals surface area contributed by atoms with Crippen LogP contribution in [0.25, 0.3) is 0 Å². The van der Waals surface area contributed by atoms with Gasteiger partial charge in [-0.2, -0.15) is 0 Å². The molecule has 0 fully saturated rings. The van der Waals surface area contributed by atoms with Crippen LogP contribution in [0.4, 0.5) is 5.69 Å². The third kappa shape index (κ3) is 7.97. The number of hydrogen-bond acceptors (Lipinski definition) is 4. The summed E-state index contributed by atoms with van der Waals surface area (Å²) >= 11 is 6.05. The first kappa shape index (κ1) is 28.7. The van der Waals surface area contributed by atoms with Crippen LogP contribution < -0.4 is 9.62 Å². The minimum atomic E-state index is -3.79. The molecule has 2 aromatic rings. The maximum Gasteiger partial charge on any atom is 0.244 e. The zero-order valence-electron chi connectivity index (χ0n) is 21.3. The van der Waals surface area contributed by atoms with Gasteiger partial charge in [0.1, 0.15) is 12.6 Å². The number of carbonyl (C=O) groups excluding carboxylic acids is 2. The molecular weight excluding hydrogens is 486 g/mol. The van der Waals surface area contributed by atoms with Crippen molar-refractivity contribution in [1.29, 1.82) is 0 Å². The molecule has 9 heteroatoms. The molecule has 0 heterocycles. The fourth-order valence-electron chi connectivity index (χ4n) is 3.74. The lowest BCUT2D eigenvalue weighted by Crippen LogP contribution is -2.53. The summed E-state index contributed by atoms with van der Waals surface area (Å²) in [5.74, 6) is -0.715. The summed E-state index contributed by atoms with van der Waals surface area (Å²) in [5.41, 5.74) is 2.93. The molecule has 0 unspecified atom stereocenters. The van der Waals surface area contributed by atoms with Crippen LogP contribution in [0.5, 0.6) is 0 Å². The van der Waals surface area contributed by atoms with Crippen molar-refractivity contribution in [3.05, 3.63) is 64.2 Å². The smallest absolute Gasteiger partial charge is 0.244 e. The summed E-state index contributed by atoms with van der Waals surface area (Å²) in [6.07, 6.45) is 2.20. The highest BCUT2D eigenvalue weighted by molar-refractivity contribution is 7.92. The van der Waals surface area contributed by atoms with Crippen LogP contribution in [-0.4, -0.2) is 50.0 Å². The summed E-state index contributed by atoms with van der Waals surface area (Å²) in [6.45, 7) is 9.18. The predicted octanol–water partition coefficient (Wildman–Crippen LogP) is 4.44. The van der Waals surface area contributed by atoms with Gasteiger partial charge in [0.05, 0.1) is 11.9 Å². The van der Waals surface area contributed by atoms with Gasteiger partial charge in [0.25, 0.3) is 0 Å². The molecule has 2 aromatic carbocycles. The van der Waals surface area contributed by atoms with Gasteiger partial charge in [-0.1, -0.05) is 55.3 Å². The van der Waals surface area contributed by atoms with Crippen LogP contribution in [0.3, 0.4) is 0 Å². The molecule has 2 rings (SSSR count). The Hall–Kier alpha value is -2.58. The number of nitrogens with one attached hydrogen (secondary N) is 1. The molecule has 35 heavy (non-hydrogen) atoms. The molecule has 1 N–H and O–H groups in total. The minimum absolute atomic E-state index is 0.0443. The Bertz CT molecular complexity index is 1140. The topological polar surface area (TPSA) is 86.8 Å². The van der Waals surface area contributed by atoms with Gasteiger partial charge >= 0.3 is 0 Å². The van der Waals surface area contributed by atoms with Crippen LogP contribution in [0, 0.1) is 13.8 Å². The van der Waals surface area contributed by atoms with Crippen LogP contribution in [0.15, 0.2) is 42.5 Å². The number of aryl methyl sites for hydroxylation is 2. The maximum atomic E-state index is 13.7. The fraction of sp³-hybridized carbons (Fsp3) is 0.462. The molecule has 192 valence electrons. The second kappa shape index (κ2) is 12.4. The summed E-state index contributed by atoms with van der Waals surface area (Å²) in [5, 5.41) is 3.43. The number of hydrogen-bond donors (Lipinski definition) is 1. The van der Waals surface area contributed by atoms with Gasteiger partial charge < -0.3 is 10.2 Å². The van der Waals surface area contributed by atoms with Crippen molar-refractivity contribution in [2.75, 3.05) is 17.1 Å². The Kier molecular flexibility index (Phi) is 10.2. The quantitative estimate of drug-likeness (QED) is 0.473. The average molecular weight is 522 g/mol. The van der Waals surface area contributed by atoms with Crippen LogP contribution in [0.2, 0.25) is 5.02 Å². The molecule has 0 aliphatic rings. The van der Waals surface area contributed by atoms with E-state index in [1.165, 1.54) is 4.90 Å². The second-order valence-corrected chi connectivity index (χ2v) is 11.3. The molecule has 2 amide bonds. The normalized spacial score (nSPS) is 13.1. The molecule has 7 nitrogen and oxygen atoms in total. The Morgan fingerprint density at radius 1 is 1.03 bits per heavy atom. The molecule has 0 bridgehead atoms. The molecule has 0 saturated heterocycles. The first-order chi connectivity index (χ1) is 16.4. The van der Waals surface area contributed by atoms with Crippen molar-refractivity contribution in [3.8, 4) is 0 Å². The second-order valence-electron chi connectivity index (χ2n) is 8.95. The summed E-state index contributed by atoms with van der Waals surface area (Å²) < 4.78 is 26.5. The Balaban J connectivity index is 2.46. The third-order valence-corrected chi connectivity index (χ3v) is 7.33. The summed E-state index contributed by atoms with van der Waals surface area (Å²) in [6, 6.07) is 11.7. The highest BCUT2D eigenvalue weighted by Crippen LogP contribution is 2.26. The van der Waals surface area contributed by atoms with E-state index in [-0.39, 0.29) is 18.5 Å². The van der Waals surface area contributed by atoms with Gasteiger partial charge in [0, 0.05) is 17.6 Å². The van der Waals surface area contributed by atoms with Crippen molar-refractivity contribution < 1.29 is 18.0 Å². The number of benzene rings is 2. The van der Waals surface area contributed by atoms with Gasteiger partial charge in [0.15, 0.2) is 0 Å². The zero-order chi connectivity index (χ0) is 26.3. The van der Waals surface area contributed by atoms with E-state index in [0.29, 0.717) is 22.7 Å². The van der Waals surface area contributed by atoms with Gasteiger partial charge in [-0.3, -0.25) is 13.9 Å². The minimum Gasteiger partial charge on any atom is -0.352 e. The number of sulfonamides is 1. The van der Waals surface area contributed by atoms with E-state index in [1.54, 1.807) is 25.1 Å². The molecule has 0 radical (unpaired) electrons. The van der Waals surface area contributed by atoms with Gasteiger partial charge in [-0.15, -0.1) is 0 Å². The van der Waals surface area contributed by atoms with Crippen molar-refractivity contribution in [1.82, 2.24) is 10.2 Å². The predicted molar refractivity (Wildman–Crippen MR) is 142 cm³/mol. The first-order valence-corrected chi connectivity index (χ1v) is 14.0. The van der Waals surface area contributed by atoms with E-state index in [4.69, 9.17) is 11.6 Å². The van der Waals surface area contributed by atoms with E-state index < -0.39 is 28.5 Å². The van der Waals surface area contributed by atoms with E-state index in [1.807, 2.05) is 52.0 Å². The van der Waals surface area contributed by atoms with Crippen LogP contribution in [0.1, 0.15) is 50.3 Å². The largest absolute Gasteiger partial charge is 0.352 e. The lowest BCUT2D eigenvalue weighted by molar-refractivity contribution is -0.140. The van der Waals surface area contributed by atoms with E-state index >= 15 is 0 Å². The summed E-state index contributed by atoms with van der Waals surface area (Å²) in [7, 11) is -3.79. The van der Waals surface area contributed by atoms with Gasteiger partial charge in [-0.25, -0.2) is 8.42 Å². The maximum absolute atomic E-state index is 13.7. The number of carbonyl (C=O) groups is 2. The fourth-order valence-corrected chi connectivity index (χ4v) is 4.88. The molecular formula is C26H36ClN3O4S. The third-order valence-electron chi connectivity index (χ3n) is 5.97. The van der Waals surface area contributed by atoms with Crippen molar-refractivity contribution >= 4 is 39.1 Å². The van der Waals surface area contributed by atoms with Crippen molar-refractivity contribution in [2.24, 2.45) is 0 Å². The molecule has 0 saturated carbocycles. The molecule has 0 spiro atoms. The van der Waals surface area contributed by atoms with Crippen molar-refractivity contribution in [3.63, 3.8) is 0 Å². The SMILES string of the molecule is CC[C@@H](C)NC(=O)[C@@H](CC)N(Cc1ccc(C)cc1)C(=O)CN(c1ccc(Cl)cc1C)S(C)(=O)=O. The monoisotopic (exact) mass is 521 g/mol. The number of rotatable bonds is 11. The van der Waals surface area contributed by atoms with Crippen molar-refractivity contribution in [2.45, 2.75) is 66.1 Å². The highest BCUT2D eigenvalue weighted by Gasteiger charge is 2.32. The standard InChI is InChI=1S/C26H36ClN3O4S/c1-7-20(5)28-26(32)23(8-2)29(16-21-11-9-18(3)10-12-21)25(31)17-30(35(6,33)34)24-14-13-22(27)15-19(24)4/h9-15,20,23H,7-8,16-17H2,1-6H3,(H,28,32)/t20-,23-/m1/s1. The number of amides is 2. The Labute approximate surface area is 214 Å². The zero-order valence-corrected chi connectivity index (χ0v) is 22.9. The number of nitrogens with zero attached hydrogens (tertiary/aromatic N) is 2. The average Bonchev–Trinajstić information content (AvgIpc) is 2.78. The summed E-state index contributed by atoms with van der Waals surface area (Å²) in [4.78, 5) is 28.3. The van der Waals surface area contributed by atoms with E-state index in [9.17, 15) is 18.0 Å². The first-order valence-electron chi connectivity index (χ1n) is 11.8. The van der Waals surface area contributed by atoms with E-state index in [2.05, 4.69) is 5.32 Å². The van der Waals surface area contributed by atoms with Crippen LogP contribution >= 0.6 is 11.6 Å².